The minimum absolute atomic E-state index is 0.358. The molecule has 2 aromatic heterocycles. The minimum Gasteiger partial charge on any atom is -0.261 e. The summed E-state index contributed by atoms with van der Waals surface area (Å²) in [7, 11) is 0. The SMILES string of the molecule is Cc1ccc(-c2cccc(-c3ccc4c(c3)CCC(C3=c5ccccc5=C(C5=CC=CCC5)C5C=CC=CC35)=C4)n2)cn1. The summed E-state index contributed by atoms with van der Waals surface area (Å²) in [4.78, 5) is 9.48. The third-order valence-electron chi connectivity index (χ3n) is 9.40. The summed E-state index contributed by atoms with van der Waals surface area (Å²) in [6.07, 6.45) is 24.9. The van der Waals surface area contributed by atoms with Gasteiger partial charge in [0.25, 0.3) is 0 Å². The predicted molar refractivity (Wildman–Crippen MR) is 178 cm³/mol. The van der Waals surface area contributed by atoms with Crippen molar-refractivity contribution in [3.8, 4) is 22.5 Å². The first kappa shape index (κ1) is 25.9. The quantitative estimate of drug-likeness (QED) is 0.255. The maximum atomic E-state index is 5.01. The lowest BCUT2D eigenvalue weighted by Crippen LogP contribution is -2.40. The second-order valence-corrected chi connectivity index (χ2v) is 12.0. The first-order valence-corrected chi connectivity index (χ1v) is 15.5. The van der Waals surface area contributed by atoms with E-state index >= 15 is 0 Å². The number of nitrogens with zero attached hydrogens (tertiary/aromatic N) is 2. The van der Waals surface area contributed by atoms with E-state index in [4.69, 9.17) is 4.98 Å². The van der Waals surface area contributed by atoms with E-state index in [1.807, 2.05) is 19.2 Å². The molecule has 0 N–H and O–H groups in total. The summed E-state index contributed by atoms with van der Waals surface area (Å²) < 4.78 is 0. The van der Waals surface area contributed by atoms with E-state index in [-0.39, 0.29) is 0 Å². The van der Waals surface area contributed by atoms with Gasteiger partial charge in [-0.2, -0.15) is 0 Å². The van der Waals surface area contributed by atoms with Crippen molar-refractivity contribution in [3.05, 3.63) is 160 Å². The molecule has 2 heteroatoms. The standard InChI is InChI=1S/C41H34N2/c1-27-18-19-33(26-42-27)39-17-9-16-38(43-39)31-22-20-30-25-32(23-21-29(30)24-31)41-36-14-7-5-12-34(36)40(28-10-3-2-4-11-28)35-13-6-8-15-37(35)41/h2-3,5-10,12-20,22,24-26,34,36H,4,11,21,23H2,1H3. The van der Waals surface area contributed by atoms with Crippen LogP contribution in [0.3, 0.4) is 0 Å². The number of fused-ring (bicyclic) bond motifs is 3. The fourth-order valence-electron chi connectivity index (χ4n) is 7.31. The molecule has 2 nitrogen and oxygen atoms in total. The molecule has 4 aliphatic carbocycles. The fourth-order valence-corrected chi connectivity index (χ4v) is 7.31. The molecule has 4 aromatic rings. The topological polar surface area (TPSA) is 25.8 Å². The Morgan fingerprint density at radius 2 is 1.42 bits per heavy atom. The lowest BCUT2D eigenvalue weighted by molar-refractivity contribution is 0.673. The first-order valence-electron chi connectivity index (χ1n) is 15.5. The first-order chi connectivity index (χ1) is 21.2. The lowest BCUT2D eigenvalue weighted by atomic mass is 9.68. The summed E-state index contributed by atoms with van der Waals surface area (Å²) in [5.74, 6) is 0.733. The zero-order valence-electron chi connectivity index (χ0n) is 24.5. The maximum absolute atomic E-state index is 5.01. The van der Waals surface area contributed by atoms with E-state index in [9.17, 15) is 0 Å². The Morgan fingerprint density at radius 3 is 2.14 bits per heavy atom. The van der Waals surface area contributed by atoms with Crippen molar-refractivity contribution in [1.82, 2.24) is 9.97 Å². The van der Waals surface area contributed by atoms with Gasteiger partial charge in [0.1, 0.15) is 0 Å². The zero-order chi connectivity index (χ0) is 28.8. The largest absolute Gasteiger partial charge is 0.261 e. The van der Waals surface area contributed by atoms with Crippen LogP contribution in [-0.2, 0) is 6.42 Å². The highest BCUT2D eigenvalue weighted by molar-refractivity contribution is 5.85. The summed E-state index contributed by atoms with van der Waals surface area (Å²) >= 11 is 0. The molecule has 0 radical (unpaired) electrons. The monoisotopic (exact) mass is 554 g/mol. The van der Waals surface area contributed by atoms with E-state index in [0.29, 0.717) is 11.8 Å². The molecule has 0 amide bonds. The summed E-state index contributed by atoms with van der Waals surface area (Å²) in [6, 6.07) is 26.4. The second-order valence-electron chi connectivity index (χ2n) is 12.0. The van der Waals surface area contributed by atoms with Gasteiger partial charge in [0, 0.05) is 34.9 Å². The van der Waals surface area contributed by atoms with Gasteiger partial charge in [0.2, 0.25) is 0 Å². The molecule has 43 heavy (non-hydrogen) atoms. The van der Waals surface area contributed by atoms with Gasteiger partial charge in [-0.3, -0.25) is 4.98 Å². The number of benzene rings is 2. The van der Waals surface area contributed by atoms with Crippen molar-refractivity contribution in [1.29, 1.82) is 0 Å². The van der Waals surface area contributed by atoms with E-state index < -0.39 is 0 Å². The lowest BCUT2D eigenvalue weighted by Gasteiger charge is -2.36. The van der Waals surface area contributed by atoms with Gasteiger partial charge >= 0.3 is 0 Å². The Bertz CT molecular complexity index is 2030. The third kappa shape index (κ3) is 4.68. The van der Waals surface area contributed by atoms with Crippen LogP contribution in [0.4, 0.5) is 0 Å². The number of hydrogen-bond acceptors (Lipinski definition) is 2. The molecule has 0 spiro atoms. The van der Waals surface area contributed by atoms with Crippen LogP contribution in [0, 0.1) is 18.8 Å². The van der Waals surface area contributed by atoms with Crippen molar-refractivity contribution in [3.63, 3.8) is 0 Å². The molecule has 0 aliphatic heterocycles. The van der Waals surface area contributed by atoms with Crippen LogP contribution in [0.2, 0.25) is 0 Å². The Labute approximate surface area is 253 Å². The number of allylic oxidation sites excluding steroid dienone is 9. The average Bonchev–Trinajstić information content (AvgIpc) is 3.07. The van der Waals surface area contributed by atoms with Gasteiger partial charge in [0.05, 0.1) is 11.4 Å². The molecule has 0 fully saturated rings. The van der Waals surface area contributed by atoms with Gasteiger partial charge < -0.3 is 0 Å². The van der Waals surface area contributed by atoms with Crippen molar-refractivity contribution >= 4 is 17.2 Å². The van der Waals surface area contributed by atoms with E-state index in [0.717, 1.165) is 48.3 Å². The number of hydrogen-bond donors (Lipinski definition) is 0. The smallest absolute Gasteiger partial charge is 0.0725 e. The molecule has 8 rings (SSSR count). The molecule has 4 aliphatic rings. The van der Waals surface area contributed by atoms with Crippen molar-refractivity contribution in [2.24, 2.45) is 11.8 Å². The van der Waals surface area contributed by atoms with E-state index in [1.54, 1.807) is 0 Å². The number of rotatable bonds is 4. The number of aryl methyl sites for hydroxylation is 2. The minimum atomic E-state index is 0.358. The van der Waals surface area contributed by atoms with Crippen LogP contribution in [0.15, 0.2) is 133 Å². The Hall–Kier alpha value is -4.82. The molecular weight excluding hydrogens is 520 g/mol. The molecule has 2 aromatic carbocycles. The van der Waals surface area contributed by atoms with Crippen LogP contribution in [0.5, 0.6) is 0 Å². The Balaban J connectivity index is 1.21. The van der Waals surface area contributed by atoms with Crippen LogP contribution < -0.4 is 10.4 Å². The summed E-state index contributed by atoms with van der Waals surface area (Å²) in [5, 5.41) is 2.82. The normalized spacial score (nSPS) is 20.2. The molecule has 0 bridgehead atoms. The molecule has 0 saturated carbocycles. The molecule has 0 saturated heterocycles. The molecule has 2 heterocycles. The predicted octanol–water partition coefficient (Wildman–Crippen LogP) is 8.10. The fraction of sp³-hybridized carbons (Fsp3) is 0.171. The van der Waals surface area contributed by atoms with Crippen molar-refractivity contribution < 1.29 is 0 Å². The molecular formula is C41H34N2. The highest BCUT2D eigenvalue weighted by Gasteiger charge is 2.33. The molecule has 2 unspecified atom stereocenters. The Morgan fingerprint density at radius 1 is 0.674 bits per heavy atom. The number of aromatic nitrogens is 2. The van der Waals surface area contributed by atoms with Gasteiger partial charge in [-0.15, -0.1) is 0 Å². The highest BCUT2D eigenvalue weighted by atomic mass is 14.7. The summed E-state index contributed by atoms with van der Waals surface area (Å²) in [5.41, 5.74) is 13.9. The molecule has 208 valence electrons. The average molecular weight is 555 g/mol. The van der Waals surface area contributed by atoms with Gasteiger partial charge in [-0.25, -0.2) is 4.98 Å². The Kier molecular flexibility index (Phi) is 6.48. The van der Waals surface area contributed by atoms with Gasteiger partial charge in [-0.1, -0.05) is 91.1 Å². The third-order valence-corrected chi connectivity index (χ3v) is 9.40. The molecule has 2 atom stereocenters. The van der Waals surface area contributed by atoms with Crippen molar-refractivity contribution in [2.75, 3.05) is 0 Å². The second kappa shape index (κ2) is 10.8. The highest BCUT2D eigenvalue weighted by Crippen LogP contribution is 2.44. The zero-order valence-corrected chi connectivity index (χ0v) is 24.5. The van der Waals surface area contributed by atoms with Crippen LogP contribution in [-0.4, -0.2) is 9.97 Å². The van der Waals surface area contributed by atoms with E-state index in [1.165, 1.54) is 49.4 Å². The van der Waals surface area contributed by atoms with E-state index in [2.05, 4.69) is 120 Å². The van der Waals surface area contributed by atoms with Gasteiger partial charge in [-0.05, 0) is 107 Å². The van der Waals surface area contributed by atoms with Crippen LogP contribution in [0.1, 0.15) is 36.1 Å². The summed E-state index contributed by atoms with van der Waals surface area (Å²) in [6.45, 7) is 2.01. The van der Waals surface area contributed by atoms with Crippen molar-refractivity contribution in [2.45, 2.75) is 32.6 Å². The van der Waals surface area contributed by atoms with Crippen LogP contribution in [0.25, 0.3) is 39.7 Å². The maximum Gasteiger partial charge on any atom is 0.0725 e. The van der Waals surface area contributed by atoms with Gasteiger partial charge in [0.15, 0.2) is 0 Å². The number of pyridine rings is 2. The van der Waals surface area contributed by atoms with Crippen LogP contribution >= 0.6 is 0 Å².